The molecule has 0 saturated carbocycles. The molecule has 6 heteroatoms. The average Bonchev–Trinajstić information content (AvgIpc) is 3.13. The maximum Gasteiger partial charge on any atom is 0.260 e. The van der Waals surface area contributed by atoms with E-state index in [2.05, 4.69) is 21.5 Å². The molecule has 0 radical (unpaired) electrons. The molecular weight excluding hydrogens is 364 g/mol. The number of pyridine rings is 1. The minimum atomic E-state index is 0.0494. The van der Waals surface area contributed by atoms with Crippen molar-refractivity contribution < 1.29 is 9.53 Å². The van der Waals surface area contributed by atoms with E-state index < -0.39 is 0 Å². The maximum atomic E-state index is 12.6. The number of aromatic nitrogens is 3. The topological polar surface area (TPSA) is 60.2 Å². The number of nitrogens with zero attached hydrogens (tertiary/aromatic N) is 4. The van der Waals surface area contributed by atoms with E-state index in [0.717, 1.165) is 55.3 Å². The highest BCUT2D eigenvalue weighted by Crippen LogP contribution is 2.24. The van der Waals surface area contributed by atoms with E-state index in [1.807, 2.05) is 59.8 Å². The number of imidazole rings is 1. The summed E-state index contributed by atoms with van der Waals surface area (Å²) < 4.78 is 7.89. The van der Waals surface area contributed by atoms with Crippen LogP contribution in [0, 0.1) is 12.8 Å². The maximum absolute atomic E-state index is 12.6. The molecule has 3 heterocycles. The van der Waals surface area contributed by atoms with Gasteiger partial charge in [0.15, 0.2) is 6.61 Å². The van der Waals surface area contributed by atoms with Gasteiger partial charge >= 0.3 is 0 Å². The van der Waals surface area contributed by atoms with Gasteiger partial charge < -0.3 is 14.2 Å². The first-order valence-electron chi connectivity index (χ1n) is 10.1. The normalized spacial score (nSPS) is 16.6. The van der Waals surface area contributed by atoms with Gasteiger partial charge in [-0.1, -0.05) is 18.2 Å². The molecule has 0 bridgehead atoms. The lowest BCUT2D eigenvalue weighted by Crippen LogP contribution is -2.43. The zero-order chi connectivity index (χ0) is 20.1. The van der Waals surface area contributed by atoms with Gasteiger partial charge in [-0.2, -0.15) is 0 Å². The van der Waals surface area contributed by atoms with E-state index in [-0.39, 0.29) is 12.5 Å². The van der Waals surface area contributed by atoms with Crippen LogP contribution in [0.4, 0.5) is 0 Å². The molecule has 6 nitrogen and oxygen atoms in total. The number of piperidine rings is 1. The molecule has 1 aliphatic heterocycles. The Balaban J connectivity index is 1.39. The molecule has 29 heavy (non-hydrogen) atoms. The Kier molecular flexibility index (Phi) is 5.89. The van der Waals surface area contributed by atoms with Gasteiger partial charge in [0.05, 0.1) is 0 Å². The highest BCUT2D eigenvalue weighted by atomic mass is 16.5. The van der Waals surface area contributed by atoms with Crippen molar-refractivity contribution in [1.29, 1.82) is 0 Å². The zero-order valence-electron chi connectivity index (χ0n) is 16.7. The number of para-hydroxylation sites is 1. The first-order valence-corrected chi connectivity index (χ1v) is 10.1. The lowest BCUT2D eigenvalue weighted by Gasteiger charge is -2.33. The summed E-state index contributed by atoms with van der Waals surface area (Å²) in [6, 6.07) is 13.4. The van der Waals surface area contributed by atoms with Gasteiger partial charge in [-0.25, -0.2) is 4.98 Å². The van der Waals surface area contributed by atoms with Crippen LogP contribution < -0.4 is 4.74 Å². The molecule has 1 aliphatic rings. The monoisotopic (exact) mass is 390 g/mol. The fraction of sp³-hybridized carbons (Fsp3) is 0.348. The molecule has 2 aromatic heterocycles. The number of aryl methyl sites for hydroxylation is 1. The van der Waals surface area contributed by atoms with E-state index in [9.17, 15) is 4.79 Å². The van der Waals surface area contributed by atoms with Crippen molar-refractivity contribution in [3.63, 3.8) is 0 Å². The Bertz CT molecular complexity index is 940. The molecular formula is C23H26N4O2. The second-order valence-corrected chi connectivity index (χ2v) is 7.53. The Morgan fingerprint density at radius 2 is 2.03 bits per heavy atom. The number of amides is 1. The molecule has 150 valence electrons. The molecule has 4 rings (SSSR count). The first-order chi connectivity index (χ1) is 14.2. The summed E-state index contributed by atoms with van der Waals surface area (Å²) in [6.45, 7) is 4.56. The Morgan fingerprint density at radius 3 is 2.83 bits per heavy atom. The summed E-state index contributed by atoms with van der Waals surface area (Å²) in [5.41, 5.74) is 2.14. The van der Waals surface area contributed by atoms with Crippen molar-refractivity contribution in [3.8, 4) is 17.1 Å². The molecule has 1 fully saturated rings. The van der Waals surface area contributed by atoms with Crippen molar-refractivity contribution in [2.75, 3.05) is 19.7 Å². The third-order valence-electron chi connectivity index (χ3n) is 5.39. The summed E-state index contributed by atoms with van der Waals surface area (Å²) in [5.74, 6) is 2.11. The number of hydrogen-bond donors (Lipinski definition) is 0. The third-order valence-corrected chi connectivity index (χ3v) is 5.39. The van der Waals surface area contributed by atoms with Gasteiger partial charge in [0.1, 0.15) is 11.6 Å². The standard InChI is InChI=1S/C23H26N4O2/c1-18-13-25-23(20-8-5-11-24-14-20)27(18)16-19-7-6-12-26(15-19)22(28)17-29-21-9-3-2-4-10-21/h2-5,8-11,13-14,19H,6-7,12,15-17H2,1H3. The number of ether oxygens (including phenoxy) is 1. The third kappa shape index (κ3) is 4.65. The molecule has 0 aliphatic carbocycles. The fourth-order valence-electron chi connectivity index (χ4n) is 3.87. The van der Waals surface area contributed by atoms with Crippen LogP contribution in [0.15, 0.2) is 61.1 Å². The Hall–Kier alpha value is -3.15. The van der Waals surface area contributed by atoms with Gasteiger partial charge in [0, 0.05) is 49.5 Å². The lowest BCUT2D eigenvalue weighted by molar-refractivity contribution is -0.135. The van der Waals surface area contributed by atoms with Crippen LogP contribution in [0.3, 0.4) is 0 Å². The first kappa shape index (κ1) is 19.2. The predicted molar refractivity (Wildman–Crippen MR) is 111 cm³/mol. The molecule has 1 saturated heterocycles. The molecule has 0 N–H and O–H groups in total. The fourth-order valence-corrected chi connectivity index (χ4v) is 3.87. The second-order valence-electron chi connectivity index (χ2n) is 7.53. The van der Waals surface area contributed by atoms with E-state index in [1.165, 1.54) is 0 Å². The van der Waals surface area contributed by atoms with Gasteiger partial charge in [0.2, 0.25) is 0 Å². The van der Waals surface area contributed by atoms with Crippen LogP contribution in [0.2, 0.25) is 0 Å². The van der Waals surface area contributed by atoms with Crippen LogP contribution in [-0.2, 0) is 11.3 Å². The Morgan fingerprint density at radius 1 is 1.17 bits per heavy atom. The minimum Gasteiger partial charge on any atom is -0.484 e. The highest BCUT2D eigenvalue weighted by molar-refractivity contribution is 5.77. The van der Waals surface area contributed by atoms with Gasteiger partial charge in [-0.3, -0.25) is 9.78 Å². The van der Waals surface area contributed by atoms with Gasteiger partial charge in [-0.15, -0.1) is 0 Å². The van der Waals surface area contributed by atoms with E-state index in [0.29, 0.717) is 5.92 Å². The van der Waals surface area contributed by atoms with E-state index in [1.54, 1.807) is 6.20 Å². The van der Waals surface area contributed by atoms with Crippen molar-refractivity contribution in [1.82, 2.24) is 19.4 Å². The number of carbonyl (C=O) groups is 1. The van der Waals surface area contributed by atoms with Crippen molar-refractivity contribution in [3.05, 3.63) is 66.7 Å². The largest absolute Gasteiger partial charge is 0.484 e. The molecule has 3 aromatic rings. The predicted octanol–water partition coefficient (Wildman–Crippen LogP) is 3.57. The van der Waals surface area contributed by atoms with E-state index >= 15 is 0 Å². The van der Waals surface area contributed by atoms with Crippen LogP contribution >= 0.6 is 0 Å². The number of rotatable bonds is 6. The van der Waals surface area contributed by atoms with Crippen molar-refractivity contribution in [2.45, 2.75) is 26.3 Å². The van der Waals surface area contributed by atoms with Crippen LogP contribution in [0.1, 0.15) is 18.5 Å². The van der Waals surface area contributed by atoms with Crippen LogP contribution in [0.25, 0.3) is 11.4 Å². The quantitative estimate of drug-likeness (QED) is 0.646. The Labute approximate surface area is 171 Å². The zero-order valence-corrected chi connectivity index (χ0v) is 16.7. The number of likely N-dealkylation sites (tertiary alicyclic amines) is 1. The van der Waals surface area contributed by atoms with Crippen molar-refractivity contribution in [2.24, 2.45) is 5.92 Å². The second kappa shape index (κ2) is 8.90. The summed E-state index contributed by atoms with van der Waals surface area (Å²) >= 11 is 0. The van der Waals surface area contributed by atoms with E-state index in [4.69, 9.17) is 4.74 Å². The smallest absolute Gasteiger partial charge is 0.260 e. The average molecular weight is 390 g/mol. The number of carbonyl (C=O) groups excluding carboxylic acids is 1. The summed E-state index contributed by atoms with van der Waals surface area (Å²) in [6.07, 6.45) is 7.63. The summed E-state index contributed by atoms with van der Waals surface area (Å²) in [4.78, 5) is 23.4. The van der Waals surface area contributed by atoms with Gasteiger partial charge in [-0.05, 0) is 49.9 Å². The van der Waals surface area contributed by atoms with Crippen LogP contribution in [0.5, 0.6) is 5.75 Å². The number of hydrogen-bond acceptors (Lipinski definition) is 4. The SMILES string of the molecule is Cc1cnc(-c2cccnc2)n1CC1CCCN(C(=O)COc2ccccc2)C1. The lowest BCUT2D eigenvalue weighted by atomic mass is 9.97. The minimum absolute atomic E-state index is 0.0494. The molecule has 1 atom stereocenters. The van der Waals surface area contributed by atoms with Crippen LogP contribution in [-0.4, -0.2) is 45.0 Å². The van der Waals surface area contributed by atoms with Gasteiger partial charge in [0.25, 0.3) is 5.91 Å². The number of benzene rings is 1. The van der Waals surface area contributed by atoms with Crippen molar-refractivity contribution >= 4 is 5.91 Å². The summed E-state index contributed by atoms with van der Waals surface area (Å²) in [7, 11) is 0. The molecule has 0 spiro atoms. The molecule has 1 amide bonds. The highest BCUT2D eigenvalue weighted by Gasteiger charge is 2.25. The molecule has 1 unspecified atom stereocenters. The summed E-state index contributed by atoms with van der Waals surface area (Å²) in [5, 5.41) is 0. The molecule has 1 aromatic carbocycles.